The summed E-state index contributed by atoms with van der Waals surface area (Å²) in [5.74, 6) is 0.533. The Bertz CT molecular complexity index is 930. The number of hydrogen-bond acceptors (Lipinski definition) is 3. The molecule has 3 aromatic rings. The lowest BCUT2D eigenvalue weighted by Gasteiger charge is -2.24. The maximum atomic E-state index is 11.6. The number of aromatic nitrogens is 2. The van der Waals surface area contributed by atoms with Crippen molar-refractivity contribution in [2.45, 2.75) is 38.8 Å². The lowest BCUT2D eigenvalue weighted by Crippen LogP contribution is -2.22. The second kappa shape index (κ2) is 6.24. The van der Waals surface area contributed by atoms with Crippen LogP contribution < -0.4 is 11.1 Å². The zero-order chi connectivity index (χ0) is 17.4. The lowest BCUT2D eigenvalue weighted by molar-refractivity contribution is -0.118. The topological polar surface area (TPSA) is 72.9 Å². The number of anilines is 1. The molecule has 0 saturated heterocycles. The van der Waals surface area contributed by atoms with Gasteiger partial charge in [0.25, 0.3) is 0 Å². The number of hydrogen-bond donors (Lipinski definition) is 2. The van der Waals surface area contributed by atoms with E-state index in [2.05, 4.69) is 30.4 Å². The van der Waals surface area contributed by atoms with Gasteiger partial charge in [-0.15, -0.1) is 0 Å². The summed E-state index contributed by atoms with van der Waals surface area (Å²) < 4.78 is 1.96. The quantitative estimate of drug-likeness (QED) is 0.770. The van der Waals surface area contributed by atoms with Crippen molar-refractivity contribution in [1.82, 2.24) is 9.55 Å². The fourth-order valence-electron chi connectivity index (χ4n) is 3.63. The molecule has 2 heterocycles. The minimum atomic E-state index is -0.349. The Morgan fingerprint density at radius 2 is 2.08 bits per heavy atom. The van der Waals surface area contributed by atoms with Gasteiger partial charge >= 0.3 is 0 Å². The molecule has 4 rings (SSSR count). The molecule has 5 nitrogen and oxygen atoms in total. The largest absolute Gasteiger partial charge is 0.382 e. The summed E-state index contributed by atoms with van der Waals surface area (Å²) in [6.07, 6.45) is 2.77. The van der Waals surface area contributed by atoms with Crippen LogP contribution in [0.1, 0.15) is 30.3 Å². The van der Waals surface area contributed by atoms with Crippen molar-refractivity contribution in [3.05, 3.63) is 59.4 Å². The molecule has 1 amide bonds. The van der Waals surface area contributed by atoms with E-state index < -0.39 is 0 Å². The minimum absolute atomic E-state index is 0.154. The number of nitrogens with one attached hydrogen (secondary N) is 1. The zero-order valence-corrected chi connectivity index (χ0v) is 14.3. The average Bonchev–Trinajstić information content (AvgIpc) is 2.92. The van der Waals surface area contributed by atoms with E-state index in [1.165, 1.54) is 11.1 Å². The van der Waals surface area contributed by atoms with Crippen molar-refractivity contribution in [1.29, 1.82) is 0 Å². The number of imidazole rings is 1. The Morgan fingerprint density at radius 3 is 2.84 bits per heavy atom. The van der Waals surface area contributed by atoms with E-state index in [4.69, 9.17) is 10.7 Å². The number of carbonyl (C=O) groups is 1. The summed E-state index contributed by atoms with van der Waals surface area (Å²) in [4.78, 5) is 16.5. The van der Waals surface area contributed by atoms with E-state index in [9.17, 15) is 4.79 Å². The van der Waals surface area contributed by atoms with Gasteiger partial charge in [0.15, 0.2) is 0 Å². The molecule has 1 atom stereocenters. The molecule has 0 aliphatic carbocycles. The molecule has 1 aromatic heterocycles. The first-order valence-electron chi connectivity index (χ1n) is 8.71. The van der Waals surface area contributed by atoms with E-state index in [0.29, 0.717) is 12.5 Å². The predicted molar refractivity (Wildman–Crippen MR) is 99.6 cm³/mol. The zero-order valence-electron chi connectivity index (χ0n) is 14.3. The number of aryl methyl sites for hydroxylation is 1. The van der Waals surface area contributed by atoms with Crippen LogP contribution in [0.4, 0.5) is 5.69 Å². The summed E-state index contributed by atoms with van der Waals surface area (Å²) in [6, 6.07) is 14.8. The van der Waals surface area contributed by atoms with Gasteiger partial charge in [0.05, 0.1) is 11.0 Å². The SMILES string of the molecule is C[C@H]1CCc2c(ccc3c2nc(Cc2ccccc2)n3CC(N)=O)N1. The number of benzene rings is 2. The van der Waals surface area contributed by atoms with Crippen molar-refractivity contribution in [3.8, 4) is 0 Å². The van der Waals surface area contributed by atoms with Crippen LogP contribution in [0.15, 0.2) is 42.5 Å². The van der Waals surface area contributed by atoms with Crippen molar-refractivity contribution >= 4 is 22.6 Å². The Balaban J connectivity index is 1.84. The molecule has 5 heteroatoms. The smallest absolute Gasteiger partial charge is 0.237 e. The van der Waals surface area contributed by atoms with E-state index >= 15 is 0 Å². The summed E-state index contributed by atoms with van der Waals surface area (Å²) in [6.45, 7) is 2.35. The Morgan fingerprint density at radius 1 is 1.28 bits per heavy atom. The van der Waals surface area contributed by atoms with Gasteiger partial charge < -0.3 is 15.6 Å². The van der Waals surface area contributed by atoms with E-state index in [1.807, 2.05) is 28.8 Å². The highest BCUT2D eigenvalue weighted by Gasteiger charge is 2.21. The highest BCUT2D eigenvalue weighted by Crippen LogP contribution is 2.32. The minimum Gasteiger partial charge on any atom is -0.382 e. The second-order valence-electron chi connectivity index (χ2n) is 6.79. The highest BCUT2D eigenvalue weighted by atomic mass is 16.1. The first-order chi connectivity index (χ1) is 12.1. The molecule has 0 bridgehead atoms. The van der Waals surface area contributed by atoms with Crippen LogP contribution in [0, 0.1) is 0 Å². The molecule has 0 unspecified atom stereocenters. The standard InChI is InChI=1S/C20H22N4O/c1-13-7-8-15-16(22-13)9-10-17-20(15)23-19(24(17)12-18(21)25)11-14-5-3-2-4-6-14/h2-6,9-10,13,22H,7-8,11-12H2,1H3,(H2,21,25)/t13-/m0/s1. The molecule has 2 aromatic carbocycles. The van der Waals surface area contributed by atoms with E-state index in [-0.39, 0.29) is 12.5 Å². The molecule has 128 valence electrons. The summed E-state index contributed by atoms with van der Waals surface area (Å²) in [5, 5.41) is 3.53. The molecular formula is C20H22N4O. The van der Waals surface area contributed by atoms with Gasteiger partial charge in [0.1, 0.15) is 12.4 Å². The van der Waals surface area contributed by atoms with Crippen LogP contribution in [0.25, 0.3) is 11.0 Å². The Hall–Kier alpha value is -2.82. The predicted octanol–water partition coefficient (Wildman–Crippen LogP) is 2.86. The summed E-state index contributed by atoms with van der Waals surface area (Å²) in [7, 11) is 0. The maximum absolute atomic E-state index is 11.6. The molecule has 0 spiro atoms. The normalized spacial score (nSPS) is 16.4. The lowest BCUT2D eigenvalue weighted by atomic mass is 9.98. The van der Waals surface area contributed by atoms with Crippen molar-refractivity contribution in [3.63, 3.8) is 0 Å². The molecule has 1 aliphatic rings. The Kier molecular flexibility index (Phi) is 3.92. The van der Waals surface area contributed by atoms with Gasteiger partial charge in [0.2, 0.25) is 5.91 Å². The molecule has 25 heavy (non-hydrogen) atoms. The van der Waals surface area contributed by atoms with Crippen LogP contribution >= 0.6 is 0 Å². The number of nitrogens with two attached hydrogens (primary N) is 1. The van der Waals surface area contributed by atoms with E-state index in [1.54, 1.807) is 0 Å². The third-order valence-electron chi connectivity index (χ3n) is 4.85. The van der Waals surface area contributed by atoms with Crippen LogP contribution in [0.2, 0.25) is 0 Å². The molecule has 0 radical (unpaired) electrons. The monoisotopic (exact) mass is 334 g/mol. The van der Waals surface area contributed by atoms with Gasteiger partial charge in [0, 0.05) is 23.7 Å². The molecule has 3 N–H and O–H groups in total. The fourth-order valence-corrected chi connectivity index (χ4v) is 3.63. The van der Waals surface area contributed by atoms with Crippen LogP contribution in [-0.4, -0.2) is 21.5 Å². The first kappa shape index (κ1) is 15.7. The summed E-state index contributed by atoms with van der Waals surface area (Å²) >= 11 is 0. The van der Waals surface area contributed by atoms with Crippen molar-refractivity contribution in [2.24, 2.45) is 5.73 Å². The van der Waals surface area contributed by atoms with Crippen molar-refractivity contribution in [2.75, 3.05) is 5.32 Å². The van der Waals surface area contributed by atoms with Gasteiger partial charge in [-0.3, -0.25) is 4.79 Å². The van der Waals surface area contributed by atoms with Crippen molar-refractivity contribution < 1.29 is 4.79 Å². The Labute approximate surface area is 146 Å². The van der Waals surface area contributed by atoms with Gasteiger partial charge in [-0.1, -0.05) is 30.3 Å². The summed E-state index contributed by atoms with van der Waals surface area (Å²) in [5.41, 5.74) is 11.0. The molecule has 0 fully saturated rings. The second-order valence-corrected chi connectivity index (χ2v) is 6.79. The number of nitrogens with zero attached hydrogens (tertiary/aromatic N) is 2. The average molecular weight is 334 g/mol. The van der Waals surface area contributed by atoms with Gasteiger partial charge in [-0.2, -0.15) is 0 Å². The molecule has 0 saturated carbocycles. The first-order valence-corrected chi connectivity index (χ1v) is 8.71. The van der Waals surface area contributed by atoms with E-state index in [0.717, 1.165) is 35.4 Å². The van der Waals surface area contributed by atoms with Gasteiger partial charge in [-0.25, -0.2) is 4.98 Å². The van der Waals surface area contributed by atoms with Crippen LogP contribution in [-0.2, 0) is 24.2 Å². The van der Waals surface area contributed by atoms with Crippen LogP contribution in [0.3, 0.4) is 0 Å². The number of primary amides is 1. The number of carbonyl (C=O) groups excluding carboxylic acids is 1. The number of fused-ring (bicyclic) bond motifs is 3. The number of amides is 1. The van der Waals surface area contributed by atoms with Crippen LogP contribution in [0.5, 0.6) is 0 Å². The fraction of sp³-hybridized carbons (Fsp3) is 0.300. The molecule has 1 aliphatic heterocycles. The molecular weight excluding hydrogens is 312 g/mol. The third-order valence-corrected chi connectivity index (χ3v) is 4.85. The van der Waals surface area contributed by atoms with Gasteiger partial charge in [-0.05, 0) is 37.5 Å². The number of rotatable bonds is 4. The third kappa shape index (κ3) is 2.97. The highest BCUT2D eigenvalue weighted by molar-refractivity contribution is 5.87. The maximum Gasteiger partial charge on any atom is 0.237 e.